The average Bonchev–Trinajstić information content (AvgIpc) is 2.28. The molecule has 0 aromatic rings. The zero-order valence-electron chi connectivity index (χ0n) is 11.6. The van der Waals surface area contributed by atoms with E-state index in [0.717, 1.165) is 45.7 Å². The first kappa shape index (κ1) is 13.8. The second kappa shape index (κ2) is 5.99. The van der Waals surface area contributed by atoms with E-state index >= 15 is 0 Å². The largest absolute Gasteiger partial charge is 0.339 e. The predicted molar refractivity (Wildman–Crippen MR) is 72.3 cm³/mol. The van der Waals surface area contributed by atoms with Gasteiger partial charge in [0.05, 0.1) is 6.54 Å². The molecule has 2 aliphatic heterocycles. The molecule has 0 bridgehead atoms. The number of piperidine rings is 1. The summed E-state index contributed by atoms with van der Waals surface area (Å²) in [6.07, 6.45) is 1.08. The number of carbonyl (C=O) groups excluding carboxylic acids is 1. The highest BCUT2D eigenvalue weighted by Gasteiger charge is 2.26. The topological polar surface area (TPSA) is 52.8 Å². The lowest BCUT2D eigenvalue weighted by Crippen LogP contribution is -2.53. The molecule has 0 spiro atoms. The van der Waals surface area contributed by atoms with E-state index in [1.165, 1.54) is 0 Å². The highest BCUT2D eigenvalue weighted by molar-refractivity contribution is 5.78. The summed E-state index contributed by atoms with van der Waals surface area (Å²) < 4.78 is 0. The van der Waals surface area contributed by atoms with Gasteiger partial charge in [0.1, 0.15) is 0 Å². The van der Waals surface area contributed by atoms with Gasteiger partial charge in [-0.1, -0.05) is 6.92 Å². The Bertz CT molecular complexity index is 279. The number of piperazine rings is 1. The molecule has 2 N–H and O–H groups in total. The SMILES string of the molecule is CC1CC(N)CN(CC(=O)N2CCN(C)CC2)C1. The first-order valence-electron chi connectivity index (χ1n) is 6.99. The minimum Gasteiger partial charge on any atom is -0.339 e. The van der Waals surface area contributed by atoms with Gasteiger partial charge in [-0.15, -0.1) is 0 Å². The minimum absolute atomic E-state index is 0.231. The Morgan fingerprint density at radius 2 is 1.89 bits per heavy atom. The lowest BCUT2D eigenvalue weighted by Gasteiger charge is -2.37. The maximum absolute atomic E-state index is 12.2. The zero-order valence-corrected chi connectivity index (χ0v) is 11.6. The number of amides is 1. The number of rotatable bonds is 2. The summed E-state index contributed by atoms with van der Waals surface area (Å²) in [6.45, 7) is 8.34. The van der Waals surface area contributed by atoms with E-state index in [-0.39, 0.29) is 11.9 Å². The number of carbonyl (C=O) groups is 1. The second-order valence-corrected chi connectivity index (χ2v) is 5.98. The number of hydrogen-bond donors (Lipinski definition) is 1. The zero-order chi connectivity index (χ0) is 13.1. The number of nitrogens with zero attached hydrogens (tertiary/aromatic N) is 3. The van der Waals surface area contributed by atoms with Gasteiger partial charge in [-0.2, -0.15) is 0 Å². The summed E-state index contributed by atoms with van der Waals surface area (Å²) in [6, 6.07) is 0.231. The van der Waals surface area contributed by atoms with Crippen LogP contribution in [0.3, 0.4) is 0 Å². The van der Waals surface area contributed by atoms with Gasteiger partial charge >= 0.3 is 0 Å². The van der Waals surface area contributed by atoms with Crippen LogP contribution < -0.4 is 5.73 Å². The molecule has 0 aromatic heterocycles. The van der Waals surface area contributed by atoms with Gasteiger partial charge < -0.3 is 15.5 Å². The molecule has 2 rings (SSSR count). The smallest absolute Gasteiger partial charge is 0.236 e. The van der Waals surface area contributed by atoms with Crippen LogP contribution in [0.1, 0.15) is 13.3 Å². The normalized spacial score (nSPS) is 31.6. The van der Waals surface area contributed by atoms with E-state index in [1.54, 1.807) is 0 Å². The molecule has 104 valence electrons. The summed E-state index contributed by atoms with van der Waals surface area (Å²) in [5.74, 6) is 0.874. The summed E-state index contributed by atoms with van der Waals surface area (Å²) in [7, 11) is 2.10. The summed E-state index contributed by atoms with van der Waals surface area (Å²) >= 11 is 0. The molecular weight excluding hydrogens is 228 g/mol. The van der Waals surface area contributed by atoms with Crippen LogP contribution in [0.15, 0.2) is 0 Å². The number of nitrogens with two attached hydrogens (primary N) is 1. The van der Waals surface area contributed by atoms with Crippen molar-refractivity contribution in [1.82, 2.24) is 14.7 Å². The van der Waals surface area contributed by atoms with E-state index in [9.17, 15) is 4.79 Å². The fourth-order valence-corrected chi connectivity index (χ4v) is 2.99. The van der Waals surface area contributed by atoms with Gasteiger partial charge in [0.2, 0.25) is 5.91 Å². The average molecular weight is 254 g/mol. The van der Waals surface area contributed by atoms with Crippen LogP contribution in [0.25, 0.3) is 0 Å². The summed E-state index contributed by atoms with van der Waals surface area (Å²) in [5, 5.41) is 0. The third-order valence-electron chi connectivity index (χ3n) is 3.98. The Balaban J connectivity index is 1.80. The van der Waals surface area contributed by atoms with Crippen LogP contribution in [0.4, 0.5) is 0 Å². The van der Waals surface area contributed by atoms with Crippen molar-refractivity contribution >= 4 is 5.91 Å². The van der Waals surface area contributed by atoms with E-state index in [1.807, 2.05) is 4.90 Å². The monoisotopic (exact) mass is 254 g/mol. The Morgan fingerprint density at radius 3 is 2.50 bits per heavy atom. The highest BCUT2D eigenvalue weighted by atomic mass is 16.2. The molecule has 18 heavy (non-hydrogen) atoms. The number of hydrogen-bond acceptors (Lipinski definition) is 4. The van der Waals surface area contributed by atoms with Crippen LogP contribution >= 0.6 is 0 Å². The predicted octanol–water partition coefficient (Wildman–Crippen LogP) is -0.570. The van der Waals surface area contributed by atoms with Gasteiger partial charge in [0, 0.05) is 45.3 Å². The maximum Gasteiger partial charge on any atom is 0.236 e. The molecule has 0 saturated carbocycles. The van der Waals surface area contributed by atoms with E-state index in [4.69, 9.17) is 5.73 Å². The molecule has 0 aromatic carbocycles. The highest BCUT2D eigenvalue weighted by Crippen LogP contribution is 2.15. The van der Waals surface area contributed by atoms with Crippen LogP contribution in [0.5, 0.6) is 0 Å². The Labute approximate surface area is 110 Å². The Hall–Kier alpha value is -0.650. The molecule has 2 unspecified atom stereocenters. The molecule has 5 nitrogen and oxygen atoms in total. The van der Waals surface area contributed by atoms with Crippen molar-refractivity contribution in [3.05, 3.63) is 0 Å². The van der Waals surface area contributed by atoms with Gasteiger partial charge in [-0.3, -0.25) is 9.69 Å². The van der Waals surface area contributed by atoms with E-state index in [0.29, 0.717) is 12.5 Å². The maximum atomic E-state index is 12.2. The van der Waals surface area contributed by atoms with Crippen LogP contribution in [0, 0.1) is 5.92 Å². The summed E-state index contributed by atoms with van der Waals surface area (Å²) in [4.78, 5) is 18.7. The van der Waals surface area contributed by atoms with E-state index in [2.05, 4.69) is 23.8 Å². The Morgan fingerprint density at radius 1 is 1.22 bits per heavy atom. The van der Waals surface area contributed by atoms with Gasteiger partial charge in [-0.25, -0.2) is 0 Å². The van der Waals surface area contributed by atoms with Crippen LogP contribution in [0.2, 0.25) is 0 Å². The standard InChI is InChI=1S/C13H26N4O/c1-11-7-12(14)9-16(8-11)10-13(18)17-5-3-15(2)4-6-17/h11-12H,3-10,14H2,1-2H3. The van der Waals surface area contributed by atoms with Crippen molar-refractivity contribution < 1.29 is 4.79 Å². The molecule has 2 aliphatic rings. The van der Waals surface area contributed by atoms with Crippen molar-refractivity contribution in [2.75, 3.05) is 52.9 Å². The second-order valence-electron chi connectivity index (χ2n) is 5.98. The van der Waals surface area contributed by atoms with Gasteiger partial charge in [-0.05, 0) is 19.4 Å². The van der Waals surface area contributed by atoms with Crippen LogP contribution in [-0.4, -0.2) is 79.5 Å². The molecule has 2 fully saturated rings. The molecule has 2 heterocycles. The first-order valence-corrected chi connectivity index (χ1v) is 6.99. The van der Waals surface area contributed by atoms with Crippen molar-refractivity contribution in [2.24, 2.45) is 11.7 Å². The van der Waals surface area contributed by atoms with Crippen molar-refractivity contribution in [2.45, 2.75) is 19.4 Å². The molecule has 0 radical (unpaired) electrons. The number of likely N-dealkylation sites (tertiary alicyclic amines) is 1. The minimum atomic E-state index is 0.231. The lowest BCUT2D eigenvalue weighted by atomic mass is 9.96. The fraction of sp³-hybridized carbons (Fsp3) is 0.923. The Kier molecular flexibility index (Phi) is 4.59. The van der Waals surface area contributed by atoms with E-state index < -0.39 is 0 Å². The number of likely N-dealkylation sites (N-methyl/N-ethyl adjacent to an activating group) is 1. The van der Waals surface area contributed by atoms with Crippen LogP contribution in [-0.2, 0) is 4.79 Å². The van der Waals surface area contributed by atoms with Crippen molar-refractivity contribution in [1.29, 1.82) is 0 Å². The molecule has 2 atom stereocenters. The molecule has 1 amide bonds. The quantitative estimate of drug-likeness (QED) is 0.717. The third kappa shape index (κ3) is 3.67. The molecule has 0 aliphatic carbocycles. The lowest BCUT2D eigenvalue weighted by molar-refractivity contribution is -0.134. The molecular formula is C13H26N4O. The van der Waals surface area contributed by atoms with Crippen molar-refractivity contribution in [3.8, 4) is 0 Å². The fourth-order valence-electron chi connectivity index (χ4n) is 2.99. The van der Waals surface area contributed by atoms with Gasteiger partial charge in [0.15, 0.2) is 0 Å². The summed E-state index contributed by atoms with van der Waals surface area (Å²) in [5.41, 5.74) is 6.01. The molecule has 2 saturated heterocycles. The molecule has 5 heteroatoms. The first-order chi connectivity index (χ1) is 8.54. The van der Waals surface area contributed by atoms with Gasteiger partial charge in [0.25, 0.3) is 0 Å². The van der Waals surface area contributed by atoms with Crippen molar-refractivity contribution in [3.63, 3.8) is 0 Å². The third-order valence-corrected chi connectivity index (χ3v) is 3.98.